The van der Waals surface area contributed by atoms with E-state index in [0.29, 0.717) is 37.3 Å². The van der Waals surface area contributed by atoms with Gasteiger partial charge in [-0.15, -0.1) is 10.2 Å². The number of aliphatic hydroxyl groups is 2. The Balaban J connectivity index is 1.58. The van der Waals surface area contributed by atoms with E-state index < -0.39 is 11.7 Å². The third kappa shape index (κ3) is 4.58. The van der Waals surface area contributed by atoms with E-state index >= 15 is 0 Å². The Labute approximate surface area is 150 Å². The smallest absolute Gasteiger partial charge is 0.230 e. The molecule has 0 bridgehead atoms. The molecule has 142 valence electrons. The van der Waals surface area contributed by atoms with E-state index in [4.69, 9.17) is 4.42 Å². The topological polar surface area (TPSA) is 85.9 Å². The molecule has 7 heteroatoms. The average Bonchev–Trinajstić information content (AvgIpc) is 3.13. The molecule has 1 saturated heterocycles. The van der Waals surface area contributed by atoms with Crippen molar-refractivity contribution < 1.29 is 14.6 Å². The molecule has 2 N–H and O–H groups in total. The Hall–Kier alpha value is -1.02. The van der Waals surface area contributed by atoms with Crippen LogP contribution in [-0.4, -0.2) is 74.1 Å². The minimum Gasteiger partial charge on any atom is -0.424 e. The largest absolute Gasteiger partial charge is 0.424 e. The maximum atomic E-state index is 10.9. The summed E-state index contributed by atoms with van der Waals surface area (Å²) in [5.74, 6) is 1.86. The molecule has 1 aliphatic heterocycles. The molecule has 2 heterocycles. The van der Waals surface area contributed by atoms with E-state index in [2.05, 4.69) is 33.8 Å². The van der Waals surface area contributed by atoms with Gasteiger partial charge in [0.1, 0.15) is 0 Å². The van der Waals surface area contributed by atoms with Crippen LogP contribution in [0.3, 0.4) is 0 Å². The van der Waals surface area contributed by atoms with E-state index in [1.165, 1.54) is 0 Å². The molecule has 1 aromatic rings. The molecule has 0 amide bonds. The van der Waals surface area contributed by atoms with Gasteiger partial charge in [0.2, 0.25) is 11.8 Å². The first-order valence-corrected chi connectivity index (χ1v) is 9.54. The van der Waals surface area contributed by atoms with Crippen molar-refractivity contribution in [2.24, 2.45) is 5.92 Å². The Morgan fingerprint density at radius 2 is 2.00 bits per heavy atom. The average molecular weight is 352 g/mol. The van der Waals surface area contributed by atoms with Crippen LogP contribution in [0.25, 0.3) is 0 Å². The predicted octanol–water partition coefficient (Wildman–Crippen LogP) is 1.19. The van der Waals surface area contributed by atoms with Gasteiger partial charge in [0.05, 0.1) is 24.3 Å². The number of rotatable bonds is 6. The van der Waals surface area contributed by atoms with Gasteiger partial charge in [-0.3, -0.25) is 9.80 Å². The second-order valence-corrected chi connectivity index (χ2v) is 8.01. The number of likely N-dealkylation sites (tertiary alicyclic amines) is 1. The molecule has 0 spiro atoms. The van der Waals surface area contributed by atoms with Crippen LogP contribution in [0.2, 0.25) is 0 Å². The van der Waals surface area contributed by atoms with Crippen LogP contribution in [0, 0.1) is 12.8 Å². The van der Waals surface area contributed by atoms with Gasteiger partial charge in [0.25, 0.3) is 0 Å². The zero-order valence-corrected chi connectivity index (χ0v) is 15.7. The van der Waals surface area contributed by atoms with Crippen LogP contribution in [0.1, 0.15) is 51.3 Å². The number of β-amino-alcohol motifs (C(OH)–C–C–N with tert-alkyl or cyclic N) is 2. The molecular formula is C18H32N4O3. The Bertz CT molecular complexity index is 556. The fraction of sp³-hybridized carbons (Fsp3) is 0.889. The van der Waals surface area contributed by atoms with Gasteiger partial charge in [0, 0.05) is 26.6 Å². The first-order valence-electron chi connectivity index (χ1n) is 9.54. The van der Waals surface area contributed by atoms with Crippen LogP contribution >= 0.6 is 0 Å². The van der Waals surface area contributed by atoms with Crippen molar-refractivity contribution in [2.45, 2.75) is 70.7 Å². The van der Waals surface area contributed by atoms with Crippen molar-refractivity contribution in [2.75, 3.05) is 26.2 Å². The number of aliphatic hydroxyl groups excluding tert-OH is 1. The Kier molecular flexibility index (Phi) is 5.78. The quantitative estimate of drug-likeness (QED) is 0.795. The summed E-state index contributed by atoms with van der Waals surface area (Å²) in [5.41, 5.74) is -0.595. The maximum Gasteiger partial charge on any atom is 0.230 e. The van der Waals surface area contributed by atoms with Crippen LogP contribution in [0.15, 0.2) is 4.42 Å². The molecule has 1 aromatic heterocycles. The highest BCUT2D eigenvalue weighted by Gasteiger charge is 2.40. The molecule has 2 fully saturated rings. The minimum absolute atomic E-state index is 0.0309. The van der Waals surface area contributed by atoms with Crippen molar-refractivity contribution in [3.05, 3.63) is 11.8 Å². The van der Waals surface area contributed by atoms with Crippen molar-refractivity contribution in [1.29, 1.82) is 0 Å². The first-order chi connectivity index (χ1) is 11.9. The highest BCUT2D eigenvalue weighted by Crippen LogP contribution is 2.33. The van der Waals surface area contributed by atoms with E-state index in [-0.39, 0.29) is 6.04 Å². The second-order valence-electron chi connectivity index (χ2n) is 8.01. The third-order valence-corrected chi connectivity index (χ3v) is 5.84. The summed E-state index contributed by atoms with van der Waals surface area (Å²) in [7, 11) is 0. The first kappa shape index (κ1) is 18.8. The van der Waals surface area contributed by atoms with E-state index in [0.717, 1.165) is 38.8 Å². The van der Waals surface area contributed by atoms with Gasteiger partial charge in [0.15, 0.2) is 0 Å². The Morgan fingerprint density at radius 1 is 1.28 bits per heavy atom. The SMILES string of the molecule is CCN(Cc1nnc(C)o1)[C@H]1CN(CC2(O)CCC(C)CC2)C[C@H]1O. The lowest BCUT2D eigenvalue weighted by Gasteiger charge is -2.37. The highest BCUT2D eigenvalue weighted by atomic mass is 16.4. The zero-order valence-electron chi connectivity index (χ0n) is 15.7. The van der Waals surface area contributed by atoms with Crippen molar-refractivity contribution >= 4 is 0 Å². The monoisotopic (exact) mass is 352 g/mol. The summed E-state index contributed by atoms with van der Waals surface area (Å²) in [6, 6.07) is 0.0309. The van der Waals surface area contributed by atoms with Crippen LogP contribution in [-0.2, 0) is 6.54 Å². The summed E-state index contributed by atoms with van der Waals surface area (Å²) < 4.78 is 5.49. The van der Waals surface area contributed by atoms with Crippen molar-refractivity contribution in [3.63, 3.8) is 0 Å². The summed E-state index contributed by atoms with van der Waals surface area (Å²) in [5, 5.41) is 29.4. The van der Waals surface area contributed by atoms with Gasteiger partial charge in [-0.25, -0.2) is 0 Å². The number of hydrogen-bond acceptors (Lipinski definition) is 7. The van der Waals surface area contributed by atoms with Crippen LogP contribution < -0.4 is 0 Å². The van der Waals surface area contributed by atoms with Gasteiger partial charge in [-0.05, 0) is 38.1 Å². The molecular weight excluding hydrogens is 320 g/mol. The molecule has 0 radical (unpaired) electrons. The molecule has 0 aromatic carbocycles. The standard InChI is InChI=1S/C18H32N4O3/c1-4-22(11-17-20-19-14(3)25-17)15-9-21(10-16(15)23)12-18(24)7-5-13(2)6-8-18/h13,15-16,23-24H,4-12H2,1-3H3/t13?,15-,16+,18?/m0/s1. The minimum atomic E-state index is -0.595. The number of hydrogen-bond donors (Lipinski definition) is 2. The predicted molar refractivity (Wildman–Crippen MR) is 93.9 cm³/mol. The summed E-state index contributed by atoms with van der Waals surface area (Å²) in [4.78, 5) is 4.40. The normalized spacial score (nSPS) is 34.1. The molecule has 1 saturated carbocycles. The van der Waals surface area contributed by atoms with Gasteiger partial charge in [-0.1, -0.05) is 13.8 Å². The highest BCUT2D eigenvalue weighted by molar-refractivity contribution is 4.96. The van der Waals surface area contributed by atoms with Gasteiger partial charge in [-0.2, -0.15) is 0 Å². The summed E-state index contributed by atoms with van der Waals surface area (Å²) in [6.45, 7) is 9.51. The number of likely N-dealkylation sites (N-methyl/N-ethyl adjacent to an activating group) is 1. The lowest BCUT2D eigenvalue weighted by Crippen LogP contribution is -2.46. The Morgan fingerprint density at radius 3 is 2.60 bits per heavy atom. The van der Waals surface area contributed by atoms with Crippen LogP contribution in [0.5, 0.6) is 0 Å². The fourth-order valence-corrected chi connectivity index (χ4v) is 4.25. The van der Waals surface area contributed by atoms with Crippen molar-refractivity contribution in [3.8, 4) is 0 Å². The summed E-state index contributed by atoms with van der Waals surface area (Å²) >= 11 is 0. The van der Waals surface area contributed by atoms with Gasteiger partial charge >= 0.3 is 0 Å². The maximum absolute atomic E-state index is 10.9. The fourth-order valence-electron chi connectivity index (χ4n) is 4.25. The zero-order chi connectivity index (χ0) is 18.0. The third-order valence-electron chi connectivity index (χ3n) is 5.84. The molecule has 7 nitrogen and oxygen atoms in total. The molecule has 3 rings (SSSR count). The molecule has 2 atom stereocenters. The van der Waals surface area contributed by atoms with E-state index in [1.807, 2.05) is 0 Å². The number of aryl methyl sites for hydroxylation is 1. The molecule has 25 heavy (non-hydrogen) atoms. The van der Waals surface area contributed by atoms with Crippen LogP contribution in [0.4, 0.5) is 0 Å². The number of aromatic nitrogens is 2. The van der Waals surface area contributed by atoms with Gasteiger partial charge < -0.3 is 14.6 Å². The summed E-state index contributed by atoms with van der Waals surface area (Å²) in [6.07, 6.45) is 3.49. The lowest BCUT2D eigenvalue weighted by atomic mass is 9.79. The van der Waals surface area contributed by atoms with E-state index in [1.54, 1.807) is 6.92 Å². The second kappa shape index (κ2) is 7.70. The molecule has 1 aliphatic carbocycles. The molecule has 0 unspecified atom stereocenters. The van der Waals surface area contributed by atoms with Crippen molar-refractivity contribution in [1.82, 2.24) is 20.0 Å². The number of nitrogens with zero attached hydrogens (tertiary/aromatic N) is 4. The van der Waals surface area contributed by atoms with E-state index in [9.17, 15) is 10.2 Å². The lowest BCUT2D eigenvalue weighted by molar-refractivity contribution is -0.0326. The molecule has 2 aliphatic rings.